The number of carboxylic acids is 1. The van der Waals surface area contributed by atoms with Gasteiger partial charge in [0.05, 0.1) is 6.42 Å². The van der Waals surface area contributed by atoms with Gasteiger partial charge < -0.3 is 10.4 Å². The summed E-state index contributed by atoms with van der Waals surface area (Å²) in [5.41, 5.74) is 1.23. The van der Waals surface area contributed by atoms with Gasteiger partial charge in [0.1, 0.15) is 0 Å². The van der Waals surface area contributed by atoms with Crippen molar-refractivity contribution in [2.45, 2.75) is 19.4 Å². The minimum absolute atomic E-state index is 0. The molecule has 0 aromatic carbocycles. The van der Waals surface area contributed by atoms with Gasteiger partial charge in [-0.25, -0.2) is 0 Å². The first-order valence-electron chi connectivity index (χ1n) is 3.31. The van der Waals surface area contributed by atoms with E-state index in [1.165, 1.54) is 5.57 Å². The Bertz CT molecular complexity index is 179. The second-order valence-corrected chi connectivity index (χ2v) is 2.60. The van der Waals surface area contributed by atoms with Crippen LogP contribution in [0.2, 0.25) is 0 Å². The molecule has 0 radical (unpaired) electrons. The van der Waals surface area contributed by atoms with Gasteiger partial charge in [0, 0.05) is 12.6 Å². The van der Waals surface area contributed by atoms with Crippen molar-refractivity contribution < 1.29 is 9.90 Å². The SMILES string of the molecule is CC1=C[C@H](CC(=O)O)NC1.Cl. The maximum atomic E-state index is 10.2. The van der Waals surface area contributed by atoms with E-state index in [1.807, 2.05) is 13.0 Å². The van der Waals surface area contributed by atoms with Crippen LogP contribution in [0.5, 0.6) is 0 Å². The number of rotatable bonds is 2. The van der Waals surface area contributed by atoms with E-state index >= 15 is 0 Å². The lowest BCUT2D eigenvalue weighted by molar-refractivity contribution is -0.137. The first-order valence-corrected chi connectivity index (χ1v) is 3.31. The summed E-state index contributed by atoms with van der Waals surface area (Å²) < 4.78 is 0. The van der Waals surface area contributed by atoms with E-state index in [4.69, 9.17) is 5.11 Å². The van der Waals surface area contributed by atoms with Gasteiger partial charge >= 0.3 is 5.97 Å². The third-order valence-corrected chi connectivity index (χ3v) is 1.52. The van der Waals surface area contributed by atoms with Crippen molar-refractivity contribution in [3.05, 3.63) is 11.6 Å². The fourth-order valence-electron chi connectivity index (χ4n) is 1.07. The van der Waals surface area contributed by atoms with Gasteiger partial charge in [0.15, 0.2) is 0 Å². The second kappa shape index (κ2) is 4.36. The quantitative estimate of drug-likeness (QED) is 0.614. The van der Waals surface area contributed by atoms with Crippen molar-refractivity contribution in [1.82, 2.24) is 5.32 Å². The zero-order valence-corrected chi connectivity index (χ0v) is 7.15. The van der Waals surface area contributed by atoms with Crippen LogP contribution in [0.25, 0.3) is 0 Å². The molecule has 0 spiro atoms. The molecule has 4 heteroatoms. The highest BCUT2D eigenvalue weighted by Crippen LogP contribution is 2.06. The molecule has 1 aliphatic heterocycles. The lowest BCUT2D eigenvalue weighted by Gasteiger charge is -2.02. The Morgan fingerprint density at radius 1 is 1.91 bits per heavy atom. The first-order chi connectivity index (χ1) is 4.68. The van der Waals surface area contributed by atoms with Crippen LogP contribution in [0.15, 0.2) is 11.6 Å². The Morgan fingerprint density at radius 2 is 2.55 bits per heavy atom. The Kier molecular flexibility index (Phi) is 4.15. The zero-order chi connectivity index (χ0) is 7.56. The molecule has 11 heavy (non-hydrogen) atoms. The highest BCUT2D eigenvalue weighted by molar-refractivity contribution is 5.85. The minimum atomic E-state index is -0.747. The van der Waals surface area contributed by atoms with Crippen LogP contribution in [0.1, 0.15) is 13.3 Å². The largest absolute Gasteiger partial charge is 0.481 e. The highest BCUT2D eigenvalue weighted by Gasteiger charge is 2.14. The molecule has 0 bridgehead atoms. The Hall–Kier alpha value is -0.540. The van der Waals surface area contributed by atoms with Crippen molar-refractivity contribution in [2.24, 2.45) is 0 Å². The molecular weight excluding hydrogens is 166 g/mol. The molecule has 0 unspecified atom stereocenters. The normalized spacial score (nSPS) is 22.3. The van der Waals surface area contributed by atoms with Crippen LogP contribution in [0.4, 0.5) is 0 Å². The van der Waals surface area contributed by atoms with Crippen molar-refractivity contribution in [1.29, 1.82) is 0 Å². The molecule has 1 atom stereocenters. The predicted molar refractivity (Wildman–Crippen MR) is 45.0 cm³/mol. The lowest BCUT2D eigenvalue weighted by Crippen LogP contribution is -2.24. The predicted octanol–water partition coefficient (Wildman–Crippen LogP) is 0.801. The van der Waals surface area contributed by atoms with Gasteiger partial charge in [-0.1, -0.05) is 11.6 Å². The van der Waals surface area contributed by atoms with E-state index in [0.29, 0.717) is 0 Å². The molecule has 0 aromatic rings. The summed E-state index contributed by atoms with van der Waals surface area (Å²) in [5.74, 6) is -0.747. The van der Waals surface area contributed by atoms with Crippen LogP contribution in [-0.2, 0) is 4.79 Å². The molecule has 0 fully saturated rings. The van der Waals surface area contributed by atoms with Crippen LogP contribution >= 0.6 is 12.4 Å². The maximum Gasteiger partial charge on any atom is 0.305 e. The summed E-state index contributed by atoms with van der Waals surface area (Å²) in [6.07, 6.45) is 2.16. The third kappa shape index (κ3) is 3.39. The summed E-state index contributed by atoms with van der Waals surface area (Å²) >= 11 is 0. The monoisotopic (exact) mass is 177 g/mol. The van der Waals surface area contributed by atoms with Crippen molar-refractivity contribution >= 4 is 18.4 Å². The summed E-state index contributed by atoms with van der Waals surface area (Å²) in [7, 11) is 0. The van der Waals surface area contributed by atoms with E-state index in [1.54, 1.807) is 0 Å². The molecule has 2 N–H and O–H groups in total. The summed E-state index contributed by atoms with van der Waals surface area (Å²) in [4.78, 5) is 10.2. The van der Waals surface area contributed by atoms with Crippen LogP contribution in [0.3, 0.4) is 0 Å². The minimum Gasteiger partial charge on any atom is -0.481 e. The van der Waals surface area contributed by atoms with E-state index in [0.717, 1.165) is 6.54 Å². The average Bonchev–Trinajstić information content (AvgIpc) is 2.13. The summed E-state index contributed by atoms with van der Waals surface area (Å²) in [6.45, 7) is 2.83. The van der Waals surface area contributed by atoms with Crippen molar-refractivity contribution in [2.75, 3.05) is 6.54 Å². The molecule has 1 heterocycles. The fourth-order valence-corrected chi connectivity index (χ4v) is 1.07. The van der Waals surface area contributed by atoms with Gasteiger partial charge in [0.25, 0.3) is 0 Å². The fraction of sp³-hybridized carbons (Fsp3) is 0.571. The molecule has 0 amide bonds. The van der Waals surface area contributed by atoms with Crippen molar-refractivity contribution in [3.63, 3.8) is 0 Å². The number of carboxylic acid groups (broad SMARTS) is 1. The number of hydrogen-bond donors (Lipinski definition) is 2. The zero-order valence-electron chi connectivity index (χ0n) is 6.33. The highest BCUT2D eigenvalue weighted by atomic mass is 35.5. The first kappa shape index (κ1) is 10.5. The van der Waals surface area contributed by atoms with Crippen LogP contribution in [-0.4, -0.2) is 23.7 Å². The van der Waals surface area contributed by atoms with E-state index < -0.39 is 5.97 Å². The molecule has 1 aliphatic rings. The van der Waals surface area contributed by atoms with Gasteiger partial charge in [-0.3, -0.25) is 4.79 Å². The van der Waals surface area contributed by atoms with Gasteiger partial charge in [-0.05, 0) is 6.92 Å². The standard InChI is InChI=1S/C7H11NO2.ClH/c1-5-2-6(8-4-5)3-7(9)10;/h2,6,8H,3-4H2,1H3,(H,9,10);1H/t6-;/m1./s1. The number of aliphatic carboxylic acids is 1. The van der Waals surface area contributed by atoms with Gasteiger partial charge in [-0.2, -0.15) is 0 Å². The molecule has 0 saturated carbocycles. The molecule has 1 rings (SSSR count). The molecule has 3 nitrogen and oxygen atoms in total. The van der Waals surface area contributed by atoms with E-state index in [2.05, 4.69) is 5.32 Å². The maximum absolute atomic E-state index is 10.2. The second-order valence-electron chi connectivity index (χ2n) is 2.60. The molecule has 64 valence electrons. The molecule has 0 aromatic heterocycles. The Morgan fingerprint density at radius 3 is 2.91 bits per heavy atom. The van der Waals surface area contributed by atoms with E-state index in [9.17, 15) is 4.79 Å². The number of nitrogens with one attached hydrogen (secondary N) is 1. The van der Waals surface area contributed by atoms with Crippen molar-refractivity contribution in [3.8, 4) is 0 Å². The number of halogens is 1. The summed E-state index contributed by atoms with van der Waals surface area (Å²) in [5, 5.41) is 11.5. The van der Waals surface area contributed by atoms with Crippen LogP contribution in [0, 0.1) is 0 Å². The van der Waals surface area contributed by atoms with Gasteiger partial charge in [-0.15, -0.1) is 12.4 Å². The Balaban J connectivity index is 0.000001000. The smallest absolute Gasteiger partial charge is 0.305 e. The topological polar surface area (TPSA) is 49.3 Å². The Labute approximate surface area is 71.9 Å². The number of carbonyl (C=O) groups is 1. The van der Waals surface area contributed by atoms with Crippen LogP contribution < -0.4 is 5.32 Å². The molecule has 0 saturated heterocycles. The molecule has 0 aliphatic carbocycles. The summed E-state index contributed by atoms with van der Waals surface area (Å²) in [6, 6.07) is 0.0532. The van der Waals surface area contributed by atoms with Gasteiger partial charge in [0.2, 0.25) is 0 Å². The van der Waals surface area contributed by atoms with E-state index in [-0.39, 0.29) is 24.9 Å². The third-order valence-electron chi connectivity index (χ3n) is 1.52. The lowest BCUT2D eigenvalue weighted by atomic mass is 10.2. The number of hydrogen-bond acceptors (Lipinski definition) is 2. The molecular formula is C7H12ClNO2. The average molecular weight is 178 g/mol.